The van der Waals surface area contributed by atoms with E-state index in [0.717, 1.165) is 128 Å². The van der Waals surface area contributed by atoms with Crippen LogP contribution in [0.4, 0.5) is 0 Å². The van der Waals surface area contributed by atoms with Crippen LogP contribution in [0.15, 0.2) is 48.6 Å². The summed E-state index contributed by atoms with van der Waals surface area (Å²) in [5.41, 5.74) is 0. The van der Waals surface area contributed by atoms with Gasteiger partial charge in [-0.15, -0.1) is 0 Å². The van der Waals surface area contributed by atoms with Gasteiger partial charge in [-0.3, -0.25) is 37.3 Å². The van der Waals surface area contributed by atoms with Crippen LogP contribution >= 0.6 is 15.6 Å². The van der Waals surface area contributed by atoms with Gasteiger partial charge in [-0.2, -0.15) is 0 Å². The SMILES string of the molecule is CCCCCC/C=C\C=C/CCCCCCCC(=O)OC[C@H](COP(=O)(O)OC[C@@H](O)COP(=O)(O)OC[C@@H](COC(=O)CCCCCCCCCCCC)OC(=O)CCCCCCC/C=C\C=C/CCCCCC)OC(=O)CCCCCCCCCCCCCCCCC(C)CC. The van der Waals surface area contributed by atoms with Gasteiger partial charge in [0, 0.05) is 25.7 Å². The van der Waals surface area contributed by atoms with Crippen molar-refractivity contribution in [2.24, 2.45) is 5.92 Å². The third-order valence-electron chi connectivity index (χ3n) is 17.6. The van der Waals surface area contributed by atoms with Gasteiger partial charge < -0.3 is 33.8 Å². The molecule has 19 heteroatoms. The highest BCUT2D eigenvalue weighted by Gasteiger charge is 2.30. The molecule has 0 bridgehead atoms. The highest BCUT2D eigenvalue weighted by molar-refractivity contribution is 7.47. The van der Waals surface area contributed by atoms with E-state index >= 15 is 0 Å². The van der Waals surface area contributed by atoms with Crippen molar-refractivity contribution in [2.75, 3.05) is 39.6 Å². The van der Waals surface area contributed by atoms with Gasteiger partial charge in [0.15, 0.2) is 12.2 Å². The number of rotatable bonds is 75. The normalized spacial score (nSPS) is 14.5. The summed E-state index contributed by atoms with van der Waals surface area (Å²) >= 11 is 0. The van der Waals surface area contributed by atoms with E-state index in [9.17, 15) is 43.2 Å². The Morgan fingerprint density at radius 2 is 0.571 bits per heavy atom. The zero-order valence-corrected chi connectivity index (χ0v) is 64.7. The molecule has 3 N–H and O–H groups in total. The first kappa shape index (κ1) is 95.0. The summed E-state index contributed by atoms with van der Waals surface area (Å²) < 4.78 is 68.5. The first-order chi connectivity index (χ1) is 47.6. The molecular formula is C79H146O17P2. The van der Waals surface area contributed by atoms with Crippen LogP contribution in [0, 0.1) is 5.92 Å². The van der Waals surface area contributed by atoms with E-state index in [1.807, 2.05) is 0 Å². The predicted octanol–water partition coefficient (Wildman–Crippen LogP) is 22.8. The minimum Gasteiger partial charge on any atom is -0.462 e. The number of phosphoric ester groups is 2. The number of phosphoric acid groups is 2. The molecule has 0 spiro atoms. The number of carbonyl (C=O) groups is 4. The van der Waals surface area contributed by atoms with Crippen LogP contribution in [0.25, 0.3) is 0 Å². The van der Waals surface area contributed by atoms with Crippen molar-refractivity contribution in [2.45, 2.75) is 387 Å². The molecule has 0 aliphatic carbocycles. The monoisotopic (exact) mass is 1430 g/mol. The summed E-state index contributed by atoms with van der Waals surface area (Å²) in [5, 5.41) is 10.6. The fourth-order valence-electron chi connectivity index (χ4n) is 11.1. The van der Waals surface area contributed by atoms with E-state index in [-0.39, 0.29) is 25.7 Å². The zero-order valence-electron chi connectivity index (χ0n) is 62.9. The van der Waals surface area contributed by atoms with E-state index < -0.39 is 97.5 Å². The molecule has 0 aliphatic heterocycles. The Hall–Kier alpha value is -2.98. The largest absolute Gasteiger partial charge is 0.472 e. The molecule has 0 saturated heterocycles. The highest BCUT2D eigenvalue weighted by Crippen LogP contribution is 2.45. The van der Waals surface area contributed by atoms with Crippen molar-refractivity contribution in [3.63, 3.8) is 0 Å². The van der Waals surface area contributed by atoms with Crippen LogP contribution < -0.4 is 0 Å². The van der Waals surface area contributed by atoms with Crippen LogP contribution in [0.5, 0.6) is 0 Å². The molecule has 0 aromatic rings. The smallest absolute Gasteiger partial charge is 0.462 e. The molecule has 0 heterocycles. The number of hydrogen-bond acceptors (Lipinski definition) is 15. The van der Waals surface area contributed by atoms with Gasteiger partial charge in [-0.1, -0.05) is 314 Å². The van der Waals surface area contributed by atoms with Gasteiger partial charge in [0.2, 0.25) is 0 Å². The zero-order chi connectivity index (χ0) is 71.9. The van der Waals surface area contributed by atoms with E-state index in [4.69, 9.17) is 37.0 Å². The molecule has 0 fully saturated rings. The molecular weight excluding hydrogens is 1280 g/mol. The molecule has 574 valence electrons. The summed E-state index contributed by atoms with van der Waals surface area (Å²) in [6.07, 6.45) is 66.6. The van der Waals surface area contributed by atoms with Gasteiger partial charge in [0.05, 0.1) is 26.4 Å². The summed E-state index contributed by atoms with van der Waals surface area (Å²) in [7, 11) is -9.94. The molecule has 0 radical (unpaired) electrons. The molecule has 6 atom stereocenters. The summed E-state index contributed by atoms with van der Waals surface area (Å²) in [4.78, 5) is 72.9. The molecule has 0 amide bonds. The topological polar surface area (TPSA) is 237 Å². The number of esters is 4. The Bertz CT molecular complexity index is 2070. The van der Waals surface area contributed by atoms with Crippen LogP contribution in [-0.4, -0.2) is 96.7 Å². The van der Waals surface area contributed by atoms with Gasteiger partial charge in [-0.25, -0.2) is 9.13 Å². The third-order valence-corrected chi connectivity index (χ3v) is 19.5. The third kappa shape index (κ3) is 70.1. The van der Waals surface area contributed by atoms with Gasteiger partial charge in [0.1, 0.15) is 19.3 Å². The lowest BCUT2D eigenvalue weighted by atomic mass is 9.99. The lowest BCUT2D eigenvalue weighted by Crippen LogP contribution is -2.30. The van der Waals surface area contributed by atoms with Crippen LogP contribution in [0.2, 0.25) is 0 Å². The molecule has 17 nitrogen and oxygen atoms in total. The minimum absolute atomic E-state index is 0.0830. The van der Waals surface area contributed by atoms with Crippen molar-refractivity contribution in [1.29, 1.82) is 0 Å². The maximum absolute atomic E-state index is 13.1. The van der Waals surface area contributed by atoms with E-state index in [0.29, 0.717) is 25.7 Å². The van der Waals surface area contributed by atoms with Crippen LogP contribution in [0.3, 0.4) is 0 Å². The highest BCUT2D eigenvalue weighted by atomic mass is 31.2. The Kier molecular flexibility index (Phi) is 68.9. The molecule has 0 aromatic heterocycles. The summed E-state index contributed by atoms with van der Waals surface area (Å²) in [5.74, 6) is -1.33. The van der Waals surface area contributed by atoms with E-state index in [1.54, 1.807) is 0 Å². The van der Waals surface area contributed by atoms with Crippen molar-refractivity contribution in [3.8, 4) is 0 Å². The van der Waals surface area contributed by atoms with E-state index in [2.05, 4.69) is 83.2 Å². The molecule has 0 saturated carbocycles. The number of ether oxygens (including phenoxy) is 4. The lowest BCUT2D eigenvalue weighted by molar-refractivity contribution is -0.161. The molecule has 3 unspecified atom stereocenters. The Morgan fingerprint density at radius 1 is 0.327 bits per heavy atom. The molecule has 0 aliphatic rings. The quantitative estimate of drug-likeness (QED) is 0.0169. The fraction of sp³-hybridized carbons (Fsp3) is 0.848. The standard InChI is InChI=1S/C79H146O17P2/c1-6-10-13-16-19-22-25-27-29-34-38-43-48-53-58-63-77(82)90-69-75(96-79(84)65-60-55-50-45-40-36-32-31-33-37-41-46-51-56-61-72(5)9-4)71-94-98(87,88)92-67-73(80)66-91-97(85,86)93-70-74(68-89-76(81)62-57-52-47-42-24-21-18-15-12-8-3)95-78(83)64-59-54-49-44-39-35-30-28-26-23-20-17-14-11-7-2/h22-23,25-30,72-75,80H,6-21,24,31-71H2,1-5H3,(H,85,86)(H,87,88)/b25-22-,26-23-,29-27-,30-28-/t72?,73-,74+,75+/m0/s1. The second kappa shape index (κ2) is 71.0. The molecule has 98 heavy (non-hydrogen) atoms. The van der Waals surface area contributed by atoms with Crippen molar-refractivity contribution in [3.05, 3.63) is 48.6 Å². The van der Waals surface area contributed by atoms with Crippen LogP contribution in [-0.2, 0) is 65.4 Å². The number of aliphatic hydroxyl groups excluding tert-OH is 1. The number of hydrogen-bond donors (Lipinski definition) is 3. The fourth-order valence-corrected chi connectivity index (χ4v) is 12.7. The van der Waals surface area contributed by atoms with Gasteiger partial charge in [-0.05, 0) is 83.0 Å². The lowest BCUT2D eigenvalue weighted by Gasteiger charge is -2.21. The number of aliphatic hydroxyl groups is 1. The van der Waals surface area contributed by atoms with Crippen LogP contribution in [0.1, 0.15) is 369 Å². The average Bonchev–Trinajstić information content (AvgIpc) is 1.73. The van der Waals surface area contributed by atoms with Crippen molar-refractivity contribution in [1.82, 2.24) is 0 Å². The Morgan fingerprint density at radius 3 is 0.867 bits per heavy atom. The Balaban J connectivity index is 5.31. The molecule has 0 aromatic carbocycles. The number of allylic oxidation sites excluding steroid dienone is 8. The minimum atomic E-state index is -4.97. The number of unbranched alkanes of at least 4 members (excludes halogenated alkanes) is 40. The first-order valence-corrected chi connectivity index (χ1v) is 42.8. The maximum Gasteiger partial charge on any atom is 0.472 e. The van der Waals surface area contributed by atoms with Crippen molar-refractivity contribution >= 4 is 39.5 Å². The summed E-state index contributed by atoms with van der Waals surface area (Å²) in [6.45, 7) is 7.22. The first-order valence-electron chi connectivity index (χ1n) is 39.8. The second-order valence-corrected chi connectivity index (χ2v) is 30.2. The van der Waals surface area contributed by atoms with Crippen molar-refractivity contribution < 1.29 is 80.2 Å². The number of carbonyl (C=O) groups excluding carboxylic acids is 4. The van der Waals surface area contributed by atoms with E-state index in [1.165, 1.54) is 161 Å². The Labute approximate surface area is 597 Å². The van der Waals surface area contributed by atoms with Gasteiger partial charge >= 0.3 is 39.5 Å². The molecule has 0 rings (SSSR count). The second-order valence-electron chi connectivity index (χ2n) is 27.3. The summed E-state index contributed by atoms with van der Waals surface area (Å²) in [6, 6.07) is 0. The van der Waals surface area contributed by atoms with Gasteiger partial charge in [0.25, 0.3) is 0 Å². The maximum atomic E-state index is 13.1. The average molecular weight is 1430 g/mol. The predicted molar refractivity (Wildman–Crippen MR) is 400 cm³/mol.